The Morgan fingerprint density at radius 1 is 1.17 bits per heavy atom. The Morgan fingerprint density at radius 2 is 1.90 bits per heavy atom. The summed E-state index contributed by atoms with van der Waals surface area (Å²) in [5.41, 5.74) is 3.01. The van der Waals surface area contributed by atoms with Crippen LogP contribution in [0.3, 0.4) is 0 Å². The molecule has 7 heteroatoms. The fraction of sp³-hybridized carbons (Fsp3) is 0.500. The van der Waals surface area contributed by atoms with Crippen molar-refractivity contribution in [3.63, 3.8) is 0 Å². The van der Waals surface area contributed by atoms with E-state index in [0.717, 1.165) is 44.0 Å². The van der Waals surface area contributed by atoms with Crippen molar-refractivity contribution in [1.29, 1.82) is 0 Å². The summed E-state index contributed by atoms with van der Waals surface area (Å²) in [6.07, 6.45) is 2.89. The van der Waals surface area contributed by atoms with Crippen molar-refractivity contribution in [1.82, 2.24) is 14.1 Å². The number of nitrogens with zero attached hydrogens (tertiary/aromatic N) is 4. The number of rotatable bonds is 5. The number of unbranched alkanes of at least 4 members (excludes halogenated alkanes) is 2. The van der Waals surface area contributed by atoms with Gasteiger partial charge in [-0.3, -0.25) is 13.9 Å². The average Bonchev–Trinajstić information content (AvgIpc) is 3.08. The van der Waals surface area contributed by atoms with E-state index in [1.54, 1.807) is 11.6 Å². The van der Waals surface area contributed by atoms with Crippen molar-refractivity contribution >= 4 is 22.8 Å². The summed E-state index contributed by atoms with van der Waals surface area (Å²) in [7, 11) is 1.74. The van der Waals surface area contributed by atoms with Crippen LogP contribution >= 0.6 is 0 Å². The van der Waals surface area contributed by atoms with Gasteiger partial charge in [-0.2, -0.15) is 0 Å². The van der Waals surface area contributed by atoms with Crippen LogP contribution in [0.2, 0.25) is 0 Å². The zero-order valence-electron chi connectivity index (χ0n) is 17.7. The minimum atomic E-state index is -0.257. The molecule has 0 fully saturated rings. The summed E-state index contributed by atoms with van der Waals surface area (Å²) in [6, 6.07) is 8.40. The van der Waals surface area contributed by atoms with E-state index in [1.165, 1.54) is 10.1 Å². The molecule has 0 spiro atoms. The Kier molecular flexibility index (Phi) is 5.06. The smallest absolute Gasteiger partial charge is 0.267 e. The van der Waals surface area contributed by atoms with Gasteiger partial charge >= 0.3 is 11.6 Å². The molecular formula is C22H30N5O2+. The highest BCUT2D eigenvalue weighted by Crippen LogP contribution is 2.28. The molecule has 7 nitrogen and oxygen atoms in total. The van der Waals surface area contributed by atoms with E-state index < -0.39 is 0 Å². The monoisotopic (exact) mass is 396 g/mol. The number of aryl methyl sites for hydroxylation is 2. The number of aromatic nitrogens is 4. The molecule has 3 aromatic rings. The van der Waals surface area contributed by atoms with Gasteiger partial charge in [-0.05, 0) is 25.5 Å². The van der Waals surface area contributed by atoms with Crippen LogP contribution in [0.5, 0.6) is 0 Å². The highest BCUT2D eigenvalue weighted by Gasteiger charge is 2.35. The van der Waals surface area contributed by atoms with Crippen LogP contribution in [0.15, 0.2) is 33.9 Å². The molecule has 29 heavy (non-hydrogen) atoms. The van der Waals surface area contributed by atoms with E-state index >= 15 is 0 Å². The number of anilines is 2. The van der Waals surface area contributed by atoms with Gasteiger partial charge in [-0.1, -0.05) is 44.4 Å². The number of fused-ring (bicyclic) bond motifs is 3. The molecule has 0 aliphatic carbocycles. The fourth-order valence-corrected chi connectivity index (χ4v) is 4.25. The van der Waals surface area contributed by atoms with Gasteiger partial charge in [0.1, 0.15) is 5.69 Å². The normalized spacial score (nSPS) is 16.4. The first kappa shape index (κ1) is 19.5. The third kappa shape index (κ3) is 3.28. The third-order valence-electron chi connectivity index (χ3n) is 5.86. The van der Waals surface area contributed by atoms with Crippen LogP contribution in [-0.4, -0.2) is 20.7 Å². The second kappa shape index (κ2) is 7.54. The molecule has 0 saturated carbocycles. The van der Waals surface area contributed by atoms with Crippen LogP contribution < -0.4 is 20.7 Å². The largest absolute Gasteiger partial charge is 0.364 e. The topological polar surface area (TPSA) is 66.9 Å². The molecule has 3 heterocycles. The molecule has 1 aliphatic rings. The van der Waals surface area contributed by atoms with E-state index in [-0.39, 0.29) is 11.2 Å². The molecule has 154 valence electrons. The van der Waals surface area contributed by atoms with Crippen LogP contribution in [-0.2, 0) is 20.1 Å². The van der Waals surface area contributed by atoms with Crippen molar-refractivity contribution in [2.24, 2.45) is 13.0 Å². The Balaban J connectivity index is 1.91. The van der Waals surface area contributed by atoms with E-state index in [9.17, 15) is 9.59 Å². The lowest BCUT2D eigenvalue weighted by Crippen LogP contribution is -2.52. The molecule has 1 atom stereocenters. The van der Waals surface area contributed by atoms with Gasteiger partial charge in [0, 0.05) is 19.5 Å². The van der Waals surface area contributed by atoms with Crippen molar-refractivity contribution < 1.29 is 4.57 Å². The first-order valence-electron chi connectivity index (χ1n) is 10.5. The maximum atomic E-state index is 13.3. The summed E-state index contributed by atoms with van der Waals surface area (Å²) in [5.74, 6) is 1.23. The molecule has 0 unspecified atom stereocenters. The quantitative estimate of drug-likeness (QED) is 0.533. The number of nitrogens with one attached hydrogen (secondary N) is 1. The highest BCUT2D eigenvalue weighted by atomic mass is 16.2. The van der Waals surface area contributed by atoms with Crippen molar-refractivity contribution in [3.8, 4) is 0 Å². The molecule has 0 radical (unpaired) electrons. The lowest BCUT2D eigenvalue weighted by molar-refractivity contribution is -0.669. The molecule has 0 saturated heterocycles. The second-order valence-electron chi connectivity index (χ2n) is 8.31. The van der Waals surface area contributed by atoms with E-state index in [2.05, 4.69) is 59.5 Å². The van der Waals surface area contributed by atoms with Crippen molar-refractivity contribution in [2.45, 2.75) is 53.1 Å². The Bertz CT molecular complexity index is 1150. The predicted molar refractivity (Wildman–Crippen MR) is 115 cm³/mol. The molecule has 1 N–H and O–H groups in total. The number of benzene rings is 1. The Morgan fingerprint density at radius 3 is 2.59 bits per heavy atom. The number of imidazole rings is 1. The van der Waals surface area contributed by atoms with E-state index in [1.807, 2.05) is 0 Å². The molecule has 0 amide bonds. The molecule has 2 aromatic heterocycles. The van der Waals surface area contributed by atoms with Gasteiger partial charge in [0.25, 0.3) is 5.56 Å². The van der Waals surface area contributed by atoms with Crippen LogP contribution in [0.25, 0.3) is 11.2 Å². The minimum Gasteiger partial charge on any atom is -0.267 e. The number of H-pyrrole nitrogens is 1. The summed E-state index contributed by atoms with van der Waals surface area (Å²) < 4.78 is 5.03. The zero-order chi connectivity index (χ0) is 20.7. The Labute approximate surface area is 170 Å². The SMILES string of the molecule is CCCCCn1c(=O)c2c([nH]c3[n+]2C[C@H](C)CN3c2ccc(C)cc2)n(C)c1=O. The fourth-order valence-electron chi connectivity index (χ4n) is 4.25. The molecule has 1 aliphatic heterocycles. The zero-order valence-corrected chi connectivity index (χ0v) is 17.7. The van der Waals surface area contributed by atoms with Gasteiger partial charge in [0.15, 0.2) is 0 Å². The molecule has 4 rings (SSSR count). The predicted octanol–water partition coefficient (Wildman–Crippen LogP) is 2.60. The number of hydrogen-bond acceptors (Lipinski definition) is 3. The molecule has 1 aromatic carbocycles. The van der Waals surface area contributed by atoms with Crippen LogP contribution in [0.1, 0.15) is 38.7 Å². The minimum absolute atomic E-state index is 0.195. The van der Waals surface area contributed by atoms with E-state index in [0.29, 0.717) is 23.6 Å². The van der Waals surface area contributed by atoms with Gasteiger partial charge in [0.05, 0.1) is 13.1 Å². The first-order valence-corrected chi connectivity index (χ1v) is 10.5. The summed E-state index contributed by atoms with van der Waals surface area (Å²) in [6.45, 7) is 8.45. The van der Waals surface area contributed by atoms with Crippen LogP contribution in [0, 0.1) is 12.8 Å². The Hall–Kier alpha value is -2.83. The van der Waals surface area contributed by atoms with Gasteiger partial charge < -0.3 is 0 Å². The van der Waals surface area contributed by atoms with Crippen molar-refractivity contribution in [2.75, 3.05) is 11.4 Å². The highest BCUT2D eigenvalue weighted by molar-refractivity contribution is 5.70. The van der Waals surface area contributed by atoms with E-state index in [4.69, 9.17) is 0 Å². The maximum absolute atomic E-state index is 13.3. The molecular weight excluding hydrogens is 366 g/mol. The average molecular weight is 397 g/mol. The molecule has 0 bridgehead atoms. The second-order valence-corrected chi connectivity index (χ2v) is 8.31. The number of aromatic amines is 1. The van der Waals surface area contributed by atoms with Gasteiger partial charge in [-0.15, -0.1) is 0 Å². The third-order valence-corrected chi connectivity index (χ3v) is 5.86. The maximum Gasteiger partial charge on any atom is 0.364 e. The summed E-state index contributed by atoms with van der Waals surface area (Å²) in [4.78, 5) is 31.8. The number of hydrogen-bond donors (Lipinski definition) is 1. The van der Waals surface area contributed by atoms with Crippen molar-refractivity contribution in [3.05, 3.63) is 50.7 Å². The summed E-state index contributed by atoms with van der Waals surface area (Å²) >= 11 is 0. The lowest BCUT2D eigenvalue weighted by Gasteiger charge is -2.26. The van der Waals surface area contributed by atoms with Crippen LogP contribution in [0.4, 0.5) is 11.6 Å². The van der Waals surface area contributed by atoms with Gasteiger partial charge in [0.2, 0.25) is 11.2 Å². The van der Waals surface area contributed by atoms with Gasteiger partial charge in [-0.25, -0.2) is 19.2 Å². The first-order chi connectivity index (χ1) is 13.9. The standard InChI is InChI=1S/C22H29N5O2/c1-5-6-7-12-25-20(28)18-19(24(4)22(25)29)23-21-26(13-16(3)14-27(18)21)17-10-8-15(2)9-11-17/h8-11,16H,5-7,12-14H2,1-4H3/p+1/t16-/m1/s1. The summed E-state index contributed by atoms with van der Waals surface area (Å²) in [5, 5.41) is 0. The lowest BCUT2D eigenvalue weighted by atomic mass is 10.1.